The van der Waals surface area contributed by atoms with E-state index in [9.17, 15) is 4.79 Å². The summed E-state index contributed by atoms with van der Waals surface area (Å²) in [5.74, 6) is 0.702. The number of hydrogen-bond donors (Lipinski definition) is 0. The molecule has 0 bridgehead atoms. The summed E-state index contributed by atoms with van der Waals surface area (Å²) in [6, 6.07) is 25.4. The maximum absolute atomic E-state index is 13.0. The molecule has 140 valence electrons. The highest BCUT2D eigenvalue weighted by molar-refractivity contribution is 6.14. The van der Waals surface area contributed by atoms with Crippen LogP contribution in [0.5, 0.6) is 5.75 Å². The fourth-order valence-corrected chi connectivity index (χ4v) is 3.42. The van der Waals surface area contributed by atoms with Crippen LogP contribution in [0, 0.1) is 0 Å². The summed E-state index contributed by atoms with van der Waals surface area (Å²) in [5.41, 5.74) is 3.36. The molecule has 0 fully saturated rings. The SMILES string of the molecule is COc1ccc2c(C(=O)c3ccccc3)nn(CCCc3ccccc3)c2c1. The zero-order chi connectivity index (χ0) is 19.3. The van der Waals surface area contributed by atoms with Crippen LogP contribution in [-0.2, 0) is 13.0 Å². The predicted molar refractivity (Wildman–Crippen MR) is 111 cm³/mol. The van der Waals surface area contributed by atoms with Crippen molar-refractivity contribution in [3.63, 3.8) is 0 Å². The highest BCUT2D eigenvalue weighted by Gasteiger charge is 2.19. The van der Waals surface area contributed by atoms with Gasteiger partial charge in [0.25, 0.3) is 0 Å². The number of methoxy groups -OCH3 is 1. The molecule has 0 radical (unpaired) electrons. The van der Waals surface area contributed by atoms with Crippen LogP contribution < -0.4 is 4.74 Å². The predicted octanol–water partition coefficient (Wildman–Crippen LogP) is 4.91. The van der Waals surface area contributed by atoms with E-state index in [-0.39, 0.29) is 5.78 Å². The van der Waals surface area contributed by atoms with Crippen LogP contribution in [0.25, 0.3) is 10.9 Å². The van der Waals surface area contributed by atoms with Gasteiger partial charge in [0.2, 0.25) is 5.78 Å². The number of hydrogen-bond acceptors (Lipinski definition) is 3. The Bertz CT molecular complexity index is 1090. The van der Waals surface area contributed by atoms with Gasteiger partial charge in [-0.1, -0.05) is 60.7 Å². The van der Waals surface area contributed by atoms with Crippen LogP contribution in [0.1, 0.15) is 28.0 Å². The van der Waals surface area contributed by atoms with Crippen molar-refractivity contribution in [1.29, 1.82) is 0 Å². The molecule has 0 unspecified atom stereocenters. The average Bonchev–Trinajstić information content (AvgIpc) is 3.12. The Labute approximate surface area is 164 Å². The van der Waals surface area contributed by atoms with Gasteiger partial charge >= 0.3 is 0 Å². The molecule has 0 aliphatic carbocycles. The van der Waals surface area contributed by atoms with E-state index in [2.05, 4.69) is 29.4 Å². The molecule has 0 N–H and O–H groups in total. The lowest BCUT2D eigenvalue weighted by Gasteiger charge is -2.05. The minimum Gasteiger partial charge on any atom is -0.497 e. The van der Waals surface area contributed by atoms with Gasteiger partial charge in [0, 0.05) is 23.6 Å². The van der Waals surface area contributed by atoms with Crippen molar-refractivity contribution in [2.24, 2.45) is 0 Å². The molecular formula is C24H22N2O2. The first-order chi connectivity index (χ1) is 13.8. The number of carbonyl (C=O) groups is 1. The first kappa shape index (κ1) is 18.0. The fraction of sp³-hybridized carbons (Fsp3) is 0.167. The Balaban J connectivity index is 1.66. The third-order valence-corrected chi connectivity index (χ3v) is 4.89. The summed E-state index contributed by atoms with van der Waals surface area (Å²) < 4.78 is 7.31. The maximum Gasteiger partial charge on any atom is 0.213 e. The van der Waals surface area contributed by atoms with E-state index in [4.69, 9.17) is 4.74 Å². The van der Waals surface area contributed by atoms with Crippen LogP contribution in [0.15, 0.2) is 78.9 Å². The molecule has 0 aliphatic rings. The Morgan fingerprint density at radius 2 is 1.68 bits per heavy atom. The molecule has 4 heteroatoms. The first-order valence-electron chi connectivity index (χ1n) is 9.44. The summed E-state index contributed by atoms with van der Waals surface area (Å²) in [4.78, 5) is 13.0. The van der Waals surface area contributed by atoms with Crippen LogP contribution in [0.3, 0.4) is 0 Å². The topological polar surface area (TPSA) is 44.1 Å². The molecule has 1 heterocycles. The number of aromatic nitrogens is 2. The van der Waals surface area contributed by atoms with E-state index in [1.54, 1.807) is 7.11 Å². The van der Waals surface area contributed by atoms with E-state index < -0.39 is 0 Å². The van der Waals surface area contributed by atoms with Crippen LogP contribution in [0.4, 0.5) is 0 Å². The van der Waals surface area contributed by atoms with Gasteiger partial charge in [-0.25, -0.2) is 0 Å². The monoisotopic (exact) mass is 370 g/mol. The first-order valence-corrected chi connectivity index (χ1v) is 9.44. The van der Waals surface area contributed by atoms with E-state index in [0.29, 0.717) is 11.3 Å². The van der Waals surface area contributed by atoms with Crippen molar-refractivity contribution < 1.29 is 9.53 Å². The summed E-state index contributed by atoms with van der Waals surface area (Å²) in [5, 5.41) is 5.54. The molecule has 0 amide bonds. The Hall–Kier alpha value is -3.40. The van der Waals surface area contributed by atoms with E-state index in [0.717, 1.165) is 36.0 Å². The molecule has 4 nitrogen and oxygen atoms in total. The lowest BCUT2D eigenvalue weighted by molar-refractivity contribution is 0.103. The standard InChI is InChI=1S/C24H22N2O2/c1-28-20-14-15-21-22(17-20)26(16-8-11-18-9-4-2-5-10-18)25-23(21)24(27)19-12-6-3-7-13-19/h2-7,9-10,12-15,17H,8,11,16H2,1H3. The van der Waals surface area contributed by atoms with Crippen molar-refractivity contribution in [1.82, 2.24) is 9.78 Å². The van der Waals surface area contributed by atoms with Crippen molar-refractivity contribution in [3.8, 4) is 5.75 Å². The zero-order valence-electron chi connectivity index (χ0n) is 15.8. The quantitative estimate of drug-likeness (QED) is 0.434. The van der Waals surface area contributed by atoms with E-state index in [1.165, 1.54) is 5.56 Å². The summed E-state index contributed by atoms with van der Waals surface area (Å²) >= 11 is 0. The molecule has 0 saturated heterocycles. The van der Waals surface area contributed by atoms with Gasteiger partial charge in [-0.2, -0.15) is 5.10 Å². The Morgan fingerprint density at radius 1 is 0.964 bits per heavy atom. The number of ether oxygens (including phenoxy) is 1. The summed E-state index contributed by atoms with van der Waals surface area (Å²) in [6.07, 6.45) is 1.91. The van der Waals surface area contributed by atoms with Crippen LogP contribution >= 0.6 is 0 Å². The van der Waals surface area contributed by atoms with Crippen molar-refractivity contribution in [3.05, 3.63) is 95.7 Å². The minimum absolute atomic E-state index is 0.0578. The highest BCUT2D eigenvalue weighted by Crippen LogP contribution is 2.26. The number of ketones is 1. The molecule has 28 heavy (non-hydrogen) atoms. The third-order valence-electron chi connectivity index (χ3n) is 4.89. The Morgan fingerprint density at radius 3 is 2.39 bits per heavy atom. The van der Waals surface area contributed by atoms with Gasteiger partial charge in [-0.05, 0) is 30.5 Å². The normalized spacial score (nSPS) is 10.9. The highest BCUT2D eigenvalue weighted by atomic mass is 16.5. The van der Waals surface area contributed by atoms with Crippen LogP contribution in [0.2, 0.25) is 0 Å². The minimum atomic E-state index is -0.0578. The molecular weight excluding hydrogens is 348 g/mol. The summed E-state index contributed by atoms with van der Waals surface area (Å²) in [7, 11) is 1.65. The number of benzene rings is 3. The second-order valence-corrected chi connectivity index (χ2v) is 6.74. The average molecular weight is 370 g/mol. The number of nitrogens with zero attached hydrogens (tertiary/aromatic N) is 2. The molecule has 1 aromatic heterocycles. The van der Waals surface area contributed by atoms with E-state index in [1.807, 2.05) is 59.3 Å². The molecule has 0 spiro atoms. The van der Waals surface area contributed by atoms with Gasteiger partial charge in [0.05, 0.1) is 12.6 Å². The van der Waals surface area contributed by atoms with Crippen molar-refractivity contribution in [2.45, 2.75) is 19.4 Å². The third kappa shape index (κ3) is 3.67. The van der Waals surface area contributed by atoms with Gasteiger partial charge in [0.1, 0.15) is 11.4 Å². The molecule has 3 aromatic carbocycles. The molecule has 0 saturated carbocycles. The zero-order valence-corrected chi connectivity index (χ0v) is 15.8. The lowest BCUT2D eigenvalue weighted by Crippen LogP contribution is -2.06. The second kappa shape index (κ2) is 8.09. The van der Waals surface area contributed by atoms with Gasteiger partial charge < -0.3 is 4.74 Å². The van der Waals surface area contributed by atoms with Crippen LogP contribution in [-0.4, -0.2) is 22.7 Å². The second-order valence-electron chi connectivity index (χ2n) is 6.74. The molecule has 0 aliphatic heterocycles. The fourth-order valence-electron chi connectivity index (χ4n) is 3.42. The number of rotatable bonds is 7. The Kier molecular flexibility index (Phi) is 5.20. The van der Waals surface area contributed by atoms with Gasteiger partial charge in [0.15, 0.2) is 0 Å². The smallest absolute Gasteiger partial charge is 0.213 e. The van der Waals surface area contributed by atoms with Gasteiger partial charge in [-0.15, -0.1) is 0 Å². The molecule has 4 aromatic rings. The van der Waals surface area contributed by atoms with E-state index >= 15 is 0 Å². The lowest BCUT2D eigenvalue weighted by atomic mass is 10.1. The number of carbonyl (C=O) groups excluding carboxylic acids is 1. The van der Waals surface area contributed by atoms with Crippen molar-refractivity contribution >= 4 is 16.7 Å². The maximum atomic E-state index is 13.0. The molecule has 0 atom stereocenters. The molecule has 4 rings (SSSR count). The van der Waals surface area contributed by atoms with Crippen molar-refractivity contribution in [2.75, 3.05) is 7.11 Å². The largest absolute Gasteiger partial charge is 0.497 e. The summed E-state index contributed by atoms with van der Waals surface area (Å²) in [6.45, 7) is 0.737. The van der Waals surface area contributed by atoms with Gasteiger partial charge in [-0.3, -0.25) is 9.48 Å². The number of aryl methyl sites for hydroxylation is 2. The number of fused-ring (bicyclic) bond motifs is 1.